The summed E-state index contributed by atoms with van der Waals surface area (Å²) in [5.74, 6) is 1.27. The van der Waals surface area contributed by atoms with Gasteiger partial charge in [-0.15, -0.1) is 0 Å². The molecule has 0 radical (unpaired) electrons. The maximum Gasteiger partial charge on any atom is 0.0734 e. The minimum Gasteiger partial charge on any atom is -0.250 e. The number of hydrogen-bond acceptors (Lipinski definition) is 2. The van der Waals surface area contributed by atoms with Crippen LogP contribution in [0, 0.1) is 5.92 Å². The second-order valence-corrected chi connectivity index (χ2v) is 8.26. The van der Waals surface area contributed by atoms with Crippen molar-refractivity contribution in [3.8, 4) is 0 Å². The van der Waals surface area contributed by atoms with E-state index in [1.165, 1.54) is 0 Å². The molecule has 0 fully saturated rings. The maximum absolute atomic E-state index is 12.2. The van der Waals surface area contributed by atoms with Crippen molar-refractivity contribution < 1.29 is 4.21 Å². The maximum atomic E-state index is 12.2. The van der Waals surface area contributed by atoms with Crippen molar-refractivity contribution in [3.63, 3.8) is 0 Å². The zero-order valence-corrected chi connectivity index (χ0v) is 13.1. The predicted molar refractivity (Wildman–Crippen MR) is 78.7 cm³/mol. The van der Waals surface area contributed by atoms with E-state index in [-0.39, 0.29) is 0 Å². The van der Waals surface area contributed by atoms with Gasteiger partial charge in [-0.05, 0) is 30.0 Å². The van der Waals surface area contributed by atoms with Gasteiger partial charge in [-0.25, -0.2) is 4.36 Å². The molecule has 1 aromatic carbocycles. The molecule has 0 bridgehead atoms. The van der Waals surface area contributed by atoms with Crippen LogP contribution in [0.15, 0.2) is 33.1 Å². The molecule has 0 aliphatic heterocycles. The standard InChI is InChI=1S/C13H20BrNOS/c1-11(2)7-8-17(3,16)15-10-12-5-4-6-13(14)9-12/h4-6,9,11H,7-8,10H2,1-3H3. The Bertz CT molecular complexity index is 476. The summed E-state index contributed by atoms with van der Waals surface area (Å²) in [6.45, 7) is 4.82. The molecule has 96 valence electrons. The second-order valence-electron chi connectivity index (χ2n) is 4.76. The van der Waals surface area contributed by atoms with Gasteiger partial charge in [-0.3, -0.25) is 4.21 Å². The molecule has 0 heterocycles. The monoisotopic (exact) mass is 317 g/mol. The molecular weight excluding hydrogens is 298 g/mol. The average Bonchev–Trinajstić information content (AvgIpc) is 2.24. The van der Waals surface area contributed by atoms with E-state index in [0.29, 0.717) is 18.2 Å². The van der Waals surface area contributed by atoms with E-state index < -0.39 is 9.73 Å². The van der Waals surface area contributed by atoms with Crippen molar-refractivity contribution in [2.75, 3.05) is 12.0 Å². The number of benzene rings is 1. The van der Waals surface area contributed by atoms with Crippen LogP contribution in [-0.4, -0.2) is 16.2 Å². The third kappa shape index (κ3) is 6.22. The first kappa shape index (κ1) is 14.7. The van der Waals surface area contributed by atoms with Crippen molar-refractivity contribution in [1.29, 1.82) is 0 Å². The fraction of sp³-hybridized carbons (Fsp3) is 0.538. The van der Waals surface area contributed by atoms with Gasteiger partial charge in [0.25, 0.3) is 0 Å². The highest BCUT2D eigenvalue weighted by atomic mass is 79.9. The first-order chi connectivity index (χ1) is 7.89. The van der Waals surface area contributed by atoms with Gasteiger partial charge >= 0.3 is 0 Å². The summed E-state index contributed by atoms with van der Waals surface area (Å²) in [4.78, 5) is 0. The van der Waals surface area contributed by atoms with Crippen LogP contribution in [0.3, 0.4) is 0 Å². The Balaban J connectivity index is 2.66. The summed E-state index contributed by atoms with van der Waals surface area (Å²) in [5, 5.41) is 0. The highest BCUT2D eigenvalue weighted by molar-refractivity contribution is 9.10. The molecular formula is C13H20BrNOS. The molecule has 4 heteroatoms. The molecule has 0 amide bonds. The highest BCUT2D eigenvalue weighted by Gasteiger charge is 2.03. The summed E-state index contributed by atoms with van der Waals surface area (Å²) in [7, 11) is -2.03. The minimum atomic E-state index is -2.03. The van der Waals surface area contributed by atoms with Crippen molar-refractivity contribution in [2.45, 2.75) is 26.8 Å². The molecule has 0 saturated heterocycles. The molecule has 2 nitrogen and oxygen atoms in total. The quantitative estimate of drug-likeness (QED) is 0.804. The van der Waals surface area contributed by atoms with Crippen LogP contribution in [0.1, 0.15) is 25.8 Å². The molecule has 1 unspecified atom stereocenters. The lowest BCUT2D eigenvalue weighted by Gasteiger charge is -2.07. The van der Waals surface area contributed by atoms with E-state index in [0.717, 1.165) is 16.5 Å². The Morgan fingerprint density at radius 2 is 2.12 bits per heavy atom. The Kier molecular flexibility index (Phi) is 5.67. The van der Waals surface area contributed by atoms with Gasteiger partial charge in [0, 0.05) is 26.2 Å². The zero-order chi connectivity index (χ0) is 12.9. The normalized spacial score (nSPS) is 14.6. The molecule has 17 heavy (non-hydrogen) atoms. The zero-order valence-electron chi connectivity index (χ0n) is 10.6. The van der Waals surface area contributed by atoms with Crippen LogP contribution in [0.25, 0.3) is 0 Å². The minimum absolute atomic E-state index is 0.535. The van der Waals surface area contributed by atoms with Gasteiger partial charge in [-0.2, -0.15) is 0 Å². The van der Waals surface area contributed by atoms with Crippen LogP contribution in [-0.2, 0) is 16.3 Å². The first-order valence-electron chi connectivity index (χ1n) is 5.79. The summed E-state index contributed by atoms with van der Waals surface area (Å²) in [6.07, 6.45) is 2.73. The van der Waals surface area contributed by atoms with E-state index in [9.17, 15) is 4.21 Å². The van der Waals surface area contributed by atoms with E-state index >= 15 is 0 Å². The summed E-state index contributed by atoms with van der Waals surface area (Å²) in [6, 6.07) is 7.97. The summed E-state index contributed by atoms with van der Waals surface area (Å²) in [5.41, 5.74) is 1.10. The van der Waals surface area contributed by atoms with Crippen LogP contribution in [0.4, 0.5) is 0 Å². The van der Waals surface area contributed by atoms with Crippen LogP contribution in [0.5, 0.6) is 0 Å². The van der Waals surface area contributed by atoms with Gasteiger partial charge in [-0.1, -0.05) is 41.9 Å². The molecule has 0 N–H and O–H groups in total. The number of halogens is 1. The number of rotatable bonds is 5. The average molecular weight is 318 g/mol. The van der Waals surface area contributed by atoms with E-state index in [2.05, 4.69) is 34.1 Å². The van der Waals surface area contributed by atoms with Crippen molar-refractivity contribution in [3.05, 3.63) is 34.3 Å². The van der Waals surface area contributed by atoms with E-state index in [1.807, 2.05) is 24.3 Å². The lowest BCUT2D eigenvalue weighted by atomic mass is 10.2. The number of nitrogens with zero attached hydrogens (tertiary/aromatic N) is 1. The molecule has 1 atom stereocenters. The van der Waals surface area contributed by atoms with Crippen LogP contribution in [0.2, 0.25) is 0 Å². The Morgan fingerprint density at radius 3 is 2.71 bits per heavy atom. The molecule has 0 aliphatic carbocycles. The van der Waals surface area contributed by atoms with Crippen LogP contribution < -0.4 is 0 Å². The van der Waals surface area contributed by atoms with E-state index in [1.54, 1.807) is 6.26 Å². The topological polar surface area (TPSA) is 29.4 Å². The van der Waals surface area contributed by atoms with Crippen LogP contribution >= 0.6 is 15.9 Å². The largest absolute Gasteiger partial charge is 0.250 e. The Labute approximate surface area is 113 Å². The number of hydrogen-bond donors (Lipinski definition) is 0. The molecule has 1 aromatic rings. The smallest absolute Gasteiger partial charge is 0.0734 e. The van der Waals surface area contributed by atoms with Crippen molar-refractivity contribution in [2.24, 2.45) is 10.3 Å². The predicted octanol–water partition coefficient (Wildman–Crippen LogP) is 4.09. The highest BCUT2D eigenvalue weighted by Crippen LogP contribution is 2.13. The van der Waals surface area contributed by atoms with Gasteiger partial charge < -0.3 is 0 Å². The summed E-state index contributed by atoms with van der Waals surface area (Å²) < 4.78 is 17.6. The van der Waals surface area contributed by atoms with Crippen molar-refractivity contribution in [1.82, 2.24) is 0 Å². The van der Waals surface area contributed by atoms with Crippen molar-refractivity contribution >= 4 is 25.7 Å². The molecule has 0 spiro atoms. The first-order valence-corrected chi connectivity index (χ1v) is 8.67. The third-order valence-corrected chi connectivity index (χ3v) is 4.64. The summed E-state index contributed by atoms with van der Waals surface area (Å²) >= 11 is 3.42. The van der Waals surface area contributed by atoms with Gasteiger partial charge in [0.2, 0.25) is 0 Å². The molecule has 0 saturated carbocycles. The SMILES string of the molecule is CC(C)CCS(C)(=O)=NCc1cccc(Br)c1. The Morgan fingerprint density at radius 1 is 1.41 bits per heavy atom. The van der Waals surface area contributed by atoms with Gasteiger partial charge in [0.05, 0.1) is 6.54 Å². The molecule has 0 aliphatic rings. The lowest BCUT2D eigenvalue weighted by molar-refractivity contribution is 0.617. The van der Waals surface area contributed by atoms with Gasteiger partial charge in [0.1, 0.15) is 0 Å². The van der Waals surface area contributed by atoms with Gasteiger partial charge in [0.15, 0.2) is 0 Å². The molecule has 0 aromatic heterocycles. The third-order valence-electron chi connectivity index (χ3n) is 2.48. The Hall–Kier alpha value is -0.350. The second kappa shape index (κ2) is 6.55. The lowest BCUT2D eigenvalue weighted by Crippen LogP contribution is -2.06. The fourth-order valence-corrected chi connectivity index (χ4v) is 3.27. The van der Waals surface area contributed by atoms with E-state index in [4.69, 9.17) is 0 Å². The fourth-order valence-electron chi connectivity index (χ4n) is 1.37. The molecule has 1 rings (SSSR count).